The first kappa shape index (κ1) is 12.0. The maximum absolute atomic E-state index is 11.3. The van der Waals surface area contributed by atoms with Gasteiger partial charge in [-0.25, -0.2) is 0 Å². The average Bonchev–Trinajstić information content (AvgIpc) is 2.26. The second-order valence-electron chi connectivity index (χ2n) is 4.09. The van der Waals surface area contributed by atoms with Crippen LogP contribution in [-0.4, -0.2) is 5.78 Å². The molecule has 0 heterocycles. The number of benzene rings is 1. The van der Waals surface area contributed by atoms with Crippen LogP contribution in [0.3, 0.4) is 0 Å². The van der Waals surface area contributed by atoms with Crippen LogP contribution in [0.25, 0.3) is 0 Å². The van der Waals surface area contributed by atoms with Gasteiger partial charge in [-0.3, -0.25) is 4.79 Å². The van der Waals surface area contributed by atoms with Gasteiger partial charge in [-0.1, -0.05) is 38.1 Å². The van der Waals surface area contributed by atoms with Crippen LogP contribution in [0.15, 0.2) is 24.3 Å². The van der Waals surface area contributed by atoms with Gasteiger partial charge in [-0.2, -0.15) is 0 Å². The SMILES string of the molecule is CCc1ccc(CC(CC)C(C)=O)cc1. The summed E-state index contributed by atoms with van der Waals surface area (Å²) in [6.07, 6.45) is 2.89. The zero-order valence-electron chi connectivity index (χ0n) is 9.92. The number of hydrogen-bond acceptors (Lipinski definition) is 1. The fraction of sp³-hybridized carbons (Fsp3) is 0.500. The highest BCUT2D eigenvalue weighted by Gasteiger charge is 2.11. The number of Topliss-reactive ketones (excluding diaryl/α,β-unsaturated/α-hetero) is 1. The highest BCUT2D eigenvalue weighted by Crippen LogP contribution is 2.14. The smallest absolute Gasteiger partial charge is 0.133 e. The fourth-order valence-electron chi connectivity index (χ4n) is 1.77. The molecule has 0 aliphatic heterocycles. The molecule has 0 bridgehead atoms. The molecule has 1 aromatic carbocycles. The molecule has 0 aliphatic rings. The van der Waals surface area contributed by atoms with Gasteiger partial charge < -0.3 is 0 Å². The summed E-state index contributed by atoms with van der Waals surface area (Å²) in [4.78, 5) is 11.3. The minimum absolute atomic E-state index is 0.192. The van der Waals surface area contributed by atoms with Crippen molar-refractivity contribution in [2.45, 2.75) is 40.0 Å². The van der Waals surface area contributed by atoms with E-state index < -0.39 is 0 Å². The van der Waals surface area contributed by atoms with Gasteiger partial charge >= 0.3 is 0 Å². The molecule has 0 saturated heterocycles. The Hall–Kier alpha value is -1.11. The Balaban J connectivity index is 2.67. The van der Waals surface area contributed by atoms with Crippen LogP contribution in [0.4, 0.5) is 0 Å². The summed E-state index contributed by atoms with van der Waals surface area (Å²) in [5, 5.41) is 0. The lowest BCUT2D eigenvalue weighted by atomic mass is 9.93. The molecule has 0 amide bonds. The lowest BCUT2D eigenvalue weighted by molar-refractivity contribution is -0.120. The molecule has 0 N–H and O–H groups in total. The minimum atomic E-state index is 0.192. The van der Waals surface area contributed by atoms with E-state index in [2.05, 4.69) is 38.1 Å². The minimum Gasteiger partial charge on any atom is -0.300 e. The maximum atomic E-state index is 11.3. The van der Waals surface area contributed by atoms with E-state index in [1.807, 2.05) is 0 Å². The van der Waals surface area contributed by atoms with E-state index in [4.69, 9.17) is 0 Å². The van der Waals surface area contributed by atoms with Crippen molar-refractivity contribution in [3.63, 3.8) is 0 Å². The number of carbonyl (C=O) groups excluding carboxylic acids is 1. The van der Waals surface area contributed by atoms with Crippen LogP contribution in [0.2, 0.25) is 0 Å². The lowest BCUT2D eigenvalue weighted by Gasteiger charge is -2.11. The van der Waals surface area contributed by atoms with Crippen LogP contribution >= 0.6 is 0 Å². The Kier molecular flexibility index (Phi) is 4.54. The van der Waals surface area contributed by atoms with Crippen LogP contribution < -0.4 is 0 Å². The molecule has 1 rings (SSSR count). The van der Waals surface area contributed by atoms with Gasteiger partial charge in [0.05, 0.1) is 0 Å². The molecule has 1 aromatic rings. The van der Waals surface area contributed by atoms with Crippen molar-refractivity contribution < 1.29 is 4.79 Å². The van der Waals surface area contributed by atoms with Gasteiger partial charge in [0.25, 0.3) is 0 Å². The van der Waals surface area contributed by atoms with Crippen LogP contribution in [0.5, 0.6) is 0 Å². The first-order chi connectivity index (χ1) is 7.17. The second kappa shape index (κ2) is 5.69. The van der Waals surface area contributed by atoms with Crippen molar-refractivity contribution in [1.82, 2.24) is 0 Å². The molecule has 1 heteroatoms. The van der Waals surface area contributed by atoms with Crippen molar-refractivity contribution in [3.05, 3.63) is 35.4 Å². The number of rotatable bonds is 5. The Morgan fingerprint density at radius 3 is 2.07 bits per heavy atom. The quantitative estimate of drug-likeness (QED) is 0.718. The predicted molar refractivity (Wildman–Crippen MR) is 64.0 cm³/mol. The Morgan fingerprint density at radius 1 is 1.13 bits per heavy atom. The highest BCUT2D eigenvalue weighted by molar-refractivity contribution is 5.78. The van der Waals surface area contributed by atoms with Gasteiger partial charge in [0, 0.05) is 5.92 Å². The summed E-state index contributed by atoms with van der Waals surface area (Å²) in [7, 11) is 0. The van der Waals surface area contributed by atoms with E-state index in [-0.39, 0.29) is 5.92 Å². The average molecular weight is 204 g/mol. The number of hydrogen-bond donors (Lipinski definition) is 0. The summed E-state index contributed by atoms with van der Waals surface area (Å²) < 4.78 is 0. The summed E-state index contributed by atoms with van der Waals surface area (Å²) in [5.74, 6) is 0.495. The first-order valence-corrected chi connectivity index (χ1v) is 5.75. The molecule has 1 atom stereocenters. The second-order valence-corrected chi connectivity index (χ2v) is 4.09. The van der Waals surface area contributed by atoms with Crippen molar-refractivity contribution in [3.8, 4) is 0 Å². The normalized spacial score (nSPS) is 12.5. The van der Waals surface area contributed by atoms with Gasteiger partial charge in [-0.05, 0) is 37.3 Å². The molecule has 0 fully saturated rings. The summed E-state index contributed by atoms with van der Waals surface area (Å²) in [5.41, 5.74) is 2.63. The molecule has 0 radical (unpaired) electrons. The standard InChI is InChI=1S/C14H20O/c1-4-12-6-8-13(9-7-12)10-14(5-2)11(3)15/h6-9,14H,4-5,10H2,1-3H3. The highest BCUT2D eigenvalue weighted by atomic mass is 16.1. The third kappa shape index (κ3) is 3.50. The van der Waals surface area contributed by atoms with E-state index in [9.17, 15) is 4.79 Å². The van der Waals surface area contributed by atoms with E-state index in [1.165, 1.54) is 11.1 Å². The summed E-state index contributed by atoms with van der Waals surface area (Å²) in [6, 6.07) is 8.60. The monoisotopic (exact) mass is 204 g/mol. The first-order valence-electron chi connectivity index (χ1n) is 5.75. The molecular formula is C14H20O. The molecule has 0 aliphatic carbocycles. The van der Waals surface area contributed by atoms with Crippen molar-refractivity contribution in [2.75, 3.05) is 0 Å². The zero-order valence-corrected chi connectivity index (χ0v) is 9.92. The van der Waals surface area contributed by atoms with E-state index in [1.54, 1.807) is 6.92 Å². The largest absolute Gasteiger partial charge is 0.300 e. The fourth-order valence-corrected chi connectivity index (χ4v) is 1.77. The molecule has 0 saturated carbocycles. The van der Waals surface area contributed by atoms with Crippen molar-refractivity contribution >= 4 is 5.78 Å². The number of ketones is 1. The molecule has 1 unspecified atom stereocenters. The topological polar surface area (TPSA) is 17.1 Å². The van der Waals surface area contributed by atoms with Crippen molar-refractivity contribution in [2.24, 2.45) is 5.92 Å². The van der Waals surface area contributed by atoms with Gasteiger partial charge in [0.1, 0.15) is 5.78 Å². The summed E-state index contributed by atoms with van der Waals surface area (Å²) in [6.45, 7) is 5.92. The molecule has 1 nitrogen and oxygen atoms in total. The molecule has 82 valence electrons. The van der Waals surface area contributed by atoms with E-state index in [0.717, 1.165) is 19.3 Å². The van der Waals surface area contributed by atoms with Crippen molar-refractivity contribution in [1.29, 1.82) is 0 Å². The van der Waals surface area contributed by atoms with Crippen LogP contribution in [0.1, 0.15) is 38.3 Å². The summed E-state index contributed by atoms with van der Waals surface area (Å²) >= 11 is 0. The number of carbonyl (C=O) groups is 1. The molecule has 0 aromatic heterocycles. The molecule has 0 spiro atoms. The molecule has 15 heavy (non-hydrogen) atoms. The Labute approximate surface area is 92.5 Å². The maximum Gasteiger partial charge on any atom is 0.133 e. The van der Waals surface area contributed by atoms with Gasteiger partial charge in [0.2, 0.25) is 0 Å². The van der Waals surface area contributed by atoms with E-state index in [0.29, 0.717) is 5.78 Å². The van der Waals surface area contributed by atoms with Gasteiger partial charge in [0.15, 0.2) is 0 Å². The van der Waals surface area contributed by atoms with Crippen LogP contribution in [-0.2, 0) is 17.6 Å². The third-order valence-corrected chi connectivity index (χ3v) is 2.98. The Bertz CT molecular complexity index is 311. The Morgan fingerprint density at radius 2 is 1.67 bits per heavy atom. The predicted octanol–water partition coefficient (Wildman–Crippen LogP) is 3.41. The zero-order chi connectivity index (χ0) is 11.3. The molecular weight excluding hydrogens is 184 g/mol. The third-order valence-electron chi connectivity index (χ3n) is 2.98. The van der Waals surface area contributed by atoms with Gasteiger partial charge in [-0.15, -0.1) is 0 Å². The number of aryl methyl sites for hydroxylation is 1. The van der Waals surface area contributed by atoms with Crippen LogP contribution in [0, 0.1) is 5.92 Å². The van der Waals surface area contributed by atoms with E-state index >= 15 is 0 Å². The lowest BCUT2D eigenvalue weighted by Crippen LogP contribution is -2.12.